The van der Waals surface area contributed by atoms with Crippen molar-refractivity contribution in [1.29, 1.82) is 0 Å². The predicted octanol–water partition coefficient (Wildman–Crippen LogP) is 2.63. The van der Waals surface area contributed by atoms with Gasteiger partial charge in [0, 0.05) is 32.2 Å². The summed E-state index contributed by atoms with van der Waals surface area (Å²) < 4.78 is 19.1. The molecular weight excluding hydrogens is 345 g/mol. The van der Waals surface area contributed by atoms with E-state index in [4.69, 9.17) is 4.74 Å². The van der Waals surface area contributed by atoms with E-state index < -0.39 is 6.04 Å². The van der Waals surface area contributed by atoms with Crippen molar-refractivity contribution < 1.29 is 13.9 Å². The molecule has 0 bridgehead atoms. The molecule has 1 aliphatic carbocycles. The Hall–Kier alpha value is -1.50. The van der Waals surface area contributed by atoms with Crippen LogP contribution >= 0.6 is 0 Å². The Labute approximate surface area is 161 Å². The van der Waals surface area contributed by atoms with Crippen LogP contribution in [0.2, 0.25) is 0 Å². The Morgan fingerprint density at radius 3 is 2.59 bits per heavy atom. The van der Waals surface area contributed by atoms with Crippen molar-refractivity contribution in [3.05, 3.63) is 35.6 Å². The highest BCUT2D eigenvalue weighted by atomic mass is 19.1. The van der Waals surface area contributed by atoms with Crippen LogP contribution in [0.4, 0.5) is 4.39 Å². The van der Waals surface area contributed by atoms with Crippen molar-refractivity contribution in [3.8, 4) is 0 Å². The number of nitrogens with zero attached hydrogens (tertiary/aromatic N) is 1. The summed E-state index contributed by atoms with van der Waals surface area (Å²) in [4.78, 5) is 15.0. The lowest BCUT2D eigenvalue weighted by Crippen LogP contribution is -2.47. The van der Waals surface area contributed by atoms with Gasteiger partial charge in [-0.1, -0.05) is 37.8 Å². The lowest BCUT2D eigenvalue weighted by Gasteiger charge is -2.33. The first kappa shape index (κ1) is 20.2. The molecule has 1 aliphatic heterocycles. The summed E-state index contributed by atoms with van der Waals surface area (Å²) in [6, 6.07) is 6.47. The SMILES string of the molecule is O=C(NCCNC1CCCCCC1)C(c1cccc(F)c1)N1CCOCC1. The first-order valence-corrected chi connectivity index (χ1v) is 10.3. The first-order chi connectivity index (χ1) is 13.2. The molecule has 1 saturated heterocycles. The number of carbonyl (C=O) groups excluding carboxylic acids is 1. The van der Waals surface area contributed by atoms with E-state index in [0.717, 1.165) is 6.54 Å². The maximum absolute atomic E-state index is 13.7. The second-order valence-electron chi connectivity index (χ2n) is 7.54. The number of hydrogen-bond acceptors (Lipinski definition) is 4. The van der Waals surface area contributed by atoms with Gasteiger partial charge in [-0.25, -0.2) is 4.39 Å². The molecule has 0 radical (unpaired) electrons. The van der Waals surface area contributed by atoms with Gasteiger partial charge in [-0.3, -0.25) is 9.69 Å². The third-order valence-corrected chi connectivity index (χ3v) is 5.54. The summed E-state index contributed by atoms with van der Waals surface area (Å²) >= 11 is 0. The zero-order valence-corrected chi connectivity index (χ0v) is 16.1. The fourth-order valence-corrected chi connectivity index (χ4v) is 4.08. The molecule has 1 aromatic rings. The molecule has 0 aromatic heterocycles. The van der Waals surface area contributed by atoms with Gasteiger partial charge in [0.25, 0.3) is 0 Å². The molecule has 2 fully saturated rings. The van der Waals surface area contributed by atoms with E-state index in [1.165, 1.54) is 50.7 Å². The Balaban J connectivity index is 1.54. The van der Waals surface area contributed by atoms with E-state index in [1.807, 2.05) is 6.07 Å². The predicted molar refractivity (Wildman–Crippen MR) is 104 cm³/mol. The fourth-order valence-electron chi connectivity index (χ4n) is 4.08. The molecule has 1 atom stereocenters. The van der Waals surface area contributed by atoms with Crippen LogP contribution in [0.15, 0.2) is 24.3 Å². The Morgan fingerprint density at radius 2 is 1.89 bits per heavy atom. The minimum atomic E-state index is -0.470. The van der Waals surface area contributed by atoms with Gasteiger partial charge in [-0.05, 0) is 30.5 Å². The highest BCUT2D eigenvalue weighted by Gasteiger charge is 2.29. The highest BCUT2D eigenvalue weighted by Crippen LogP contribution is 2.23. The van der Waals surface area contributed by atoms with E-state index in [1.54, 1.807) is 6.07 Å². The number of morpholine rings is 1. The van der Waals surface area contributed by atoms with Gasteiger partial charge in [-0.2, -0.15) is 0 Å². The highest BCUT2D eigenvalue weighted by molar-refractivity contribution is 5.83. The molecule has 1 amide bonds. The number of rotatable bonds is 7. The normalized spacial score (nSPS) is 20.8. The standard InChI is InChI=1S/C21H32FN3O2/c22-18-7-5-6-17(16-18)20(25-12-14-27-15-13-25)21(26)24-11-10-23-19-8-3-1-2-4-9-19/h5-7,16,19-20,23H,1-4,8-15H2,(H,24,26). The van der Waals surface area contributed by atoms with Crippen molar-refractivity contribution in [2.24, 2.45) is 0 Å². The first-order valence-electron chi connectivity index (χ1n) is 10.3. The van der Waals surface area contributed by atoms with Crippen LogP contribution in [0, 0.1) is 5.82 Å². The molecular formula is C21H32FN3O2. The molecule has 1 aromatic carbocycles. The van der Waals surface area contributed by atoms with Gasteiger partial charge in [0.05, 0.1) is 13.2 Å². The molecule has 2 N–H and O–H groups in total. The van der Waals surface area contributed by atoms with E-state index in [9.17, 15) is 9.18 Å². The van der Waals surface area contributed by atoms with E-state index >= 15 is 0 Å². The maximum atomic E-state index is 13.7. The minimum absolute atomic E-state index is 0.0647. The summed E-state index contributed by atoms with van der Waals surface area (Å²) in [7, 11) is 0. The lowest BCUT2D eigenvalue weighted by molar-refractivity contribution is -0.128. The summed E-state index contributed by atoms with van der Waals surface area (Å²) in [6.45, 7) is 3.91. The quantitative estimate of drug-likeness (QED) is 0.567. The monoisotopic (exact) mass is 377 g/mol. The summed E-state index contributed by atoms with van der Waals surface area (Å²) in [5.74, 6) is -0.376. The molecule has 5 nitrogen and oxygen atoms in total. The zero-order valence-electron chi connectivity index (χ0n) is 16.1. The molecule has 1 unspecified atom stereocenters. The van der Waals surface area contributed by atoms with E-state index in [0.29, 0.717) is 44.5 Å². The number of halogens is 1. The number of benzene rings is 1. The Morgan fingerprint density at radius 1 is 1.15 bits per heavy atom. The second-order valence-corrected chi connectivity index (χ2v) is 7.54. The third kappa shape index (κ3) is 6.26. The molecule has 6 heteroatoms. The fraction of sp³-hybridized carbons (Fsp3) is 0.667. The van der Waals surface area contributed by atoms with Crippen molar-refractivity contribution in [3.63, 3.8) is 0 Å². The molecule has 0 spiro atoms. The number of nitrogens with one attached hydrogen (secondary N) is 2. The van der Waals surface area contributed by atoms with Gasteiger partial charge in [0.15, 0.2) is 0 Å². The average molecular weight is 378 g/mol. The van der Waals surface area contributed by atoms with Crippen LogP contribution in [-0.4, -0.2) is 56.2 Å². The van der Waals surface area contributed by atoms with Crippen LogP contribution in [0.25, 0.3) is 0 Å². The number of amides is 1. The topological polar surface area (TPSA) is 53.6 Å². The Kier molecular flexibility index (Phi) is 8.05. The summed E-state index contributed by atoms with van der Waals surface area (Å²) in [6.07, 6.45) is 7.72. The van der Waals surface area contributed by atoms with Crippen molar-refractivity contribution >= 4 is 5.91 Å². The molecule has 3 rings (SSSR count). The van der Waals surface area contributed by atoms with E-state index in [-0.39, 0.29) is 11.7 Å². The maximum Gasteiger partial charge on any atom is 0.242 e. The average Bonchev–Trinajstić information content (AvgIpc) is 2.95. The summed E-state index contributed by atoms with van der Waals surface area (Å²) in [5, 5.41) is 6.62. The zero-order chi connectivity index (χ0) is 18.9. The number of hydrogen-bond donors (Lipinski definition) is 2. The molecule has 150 valence electrons. The van der Waals surface area contributed by atoms with Gasteiger partial charge in [0.1, 0.15) is 11.9 Å². The van der Waals surface area contributed by atoms with Crippen LogP contribution in [0.3, 0.4) is 0 Å². The number of carbonyl (C=O) groups is 1. The Bertz CT molecular complexity index is 585. The van der Waals surface area contributed by atoms with Crippen molar-refractivity contribution in [2.75, 3.05) is 39.4 Å². The van der Waals surface area contributed by atoms with Crippen LogP contribution in [0.1, 0.15) is 50.1 Å². The van der Waals surface area contributed by atoms with Crippen LogP contribution in [-0.2, 0) is 9.53 Å². The van der Waals surface area contributed by atoms with Gasteiger partial charge in [0.2, 0.25) is 5.91 Å². The largest absolute Gasteiger partial charge is 0.379 e. The molecule has 1 saturated carbocycles. The second kappa shape index (κ2) is 10.7. The van der Waals surface area contributed by atoms with Gasteiger partial charge >= 0.3 is 0 Å². The van der Waals surface area contributed by atoms with Crippen molar-refractivity contribution in [2.45, 2.75) is 50.6 Å². The van der Waals surface area contributed by atoms with Gasteiger partial charge in [-0.15, -0.1) is 0 Å². The minimum Gasteiger partial charge on any atom is -0.379 e. The van der Waals surface area contributed by atoms with Gasteiger partial charge < -0.3 is 15.4 Å². The lowest BCUT2D eigenvalue weighted by atomic mass is 10.0. The number of ether oxygens (including phenoxy) is 1. The molecule has 1 heterocycles. The van der Waals surface area contributed by atoms with Crippen LogP contribution < -0.4 is 10.6 Å². The molecule has 2 aliphatic rings. The van der Waals surface area contributed by atoms with E-state index in [2.05, 4.69) is 15.5 Å². The third-order valence-electron chi connectivity index (χ3n) is 5.54. The van der Waals surface area contributed by atoms with Crippen molar-refractivity contribution in [1.82, 2.24) is 15.5 Å². The smallest absolute Gasteiger partial charge is 0.242 e. The summed E-state index contributed by atoms with van der Waals surface area (Å²) in [5.41, 5.74) is 0.700. The molecule has 27 heavy (non-hydrogen) atoms. The van der Waals surface area contributed by atoms with Crippen LogP contribution in [0.5, 0.6) is 0 Å².